The van der Waals surface area contributed by atoms with E-state index in [0.717, 1.165) is 45.3 Å². The number of hydrazine groups is 1. The summed E-state index contributed by atoms with van der Waals surface area (Å²) in [4.78, 5) is 10.7. The molecule has 1 aliphatic heterocycles. The summed E-state index contributed by atoms with van der Waals surface area (Å²) >= 11 is 0. The van der Waals surface area contributed by atoms with Gasteiger partial charge in [-0.15, -0.1) is 4.83 Å². The van der Waals surface area contributed by atoms with E-state index in [1.807, 2.05) is 6.92 Å². The van der Waals surface area contributed by atoms with Gasteiger partial charge in [-0.25, -0.2) is 23.4 Å². The predicted molar refractivity (Wildman–Crippen MR) is 76.6 cm³/mol. The lowest BCUT2D eigenvalue weighted by atomic mass is 10.2. The second-order valence-electron chi connectivity index (χ2n) is 4.81. The number of piperidine rings is 1. The zero-order chi connectivity index (χ0) is 14.4. The molecule has 2 rings (SSSR count). The number of rotatable bonds is 6. The second-order valence-corrected chi connectivity index (χ2v) is 6.47. The van der Waals surface area contributed by atoms with Gasteiger partial charge >= 0.3 is 0 Å². The monoisotopic (exact) mass is 299 g/mol. The Morgan fingerprint density at radius 3 is 2.45 bits per heavy atom. The van der Waals surface area contributed by atoms with Crippen LogP contribution in [0.1, 0.15) is 32.6 Å². The molecule has 1 aromatic heterocycles. The van der Waals surface area contributed by atoms with E-state index in [2.05, 4.69) is 20.1 Å². The summed E-state index contributed by atoms with van der Waals surface area (Å²) in [6.45, 7) is 4.29. The lowest BCUT2D eigenvalue weighted by Gasteiger charge is -2.26. The first-order valence-corrected chi connectivity index (χ1v) is 8.43. The van der Waals surface area contributed by atoms with Gasteiger partial charge in [0, 0.05) is 19.6 Å². The van der Waals surface area contributed by atoms with Gasteiger partial charge in [0.2, 0.25) is 5.95 Å². The van der Waals surface area contributed by atoms with Crippen molar-refractivity contribution in [1.29, 1.82) is 0 Å². The quantitative estimate of drug-likeness (QED) is 0.814. The van der Waals surface area contributed by atoms with Crippen molar-refractivity contribution in [2.45, 2.75) is 37.5 Å². The number of nitrogens with zero attached hydrogens (tertiary/aromatic N) is 3. The van der Waals surface area contributed by atoms with Crippen molar-refractivity contribution in [3.8, 4) is 0 Å². The number of hydrogen-bond acceptors (Lipinski definition) is 6. The first-order valence-electron chi connectivity index (χ1n) is 6.95. The van der Waals surface area contributed by atoms with Gasteiger partial charge in [-0.1, -0.05) is 13.3 Å². The maximum atomic E-state index is 12.2. The Balaban J connectivity index is 2.01. The molecule has 8 heteroatoms. The van der Waals surface area contributed by atoms with Gasteiger partial charge in [-0.2, -0.15) is 0 Å². The van der Waals surface area contributed by atoms with Gasteiger partial charge in [0.15, 0.2) is 0 Å². The molecule has 2 heterocycles. The van der Waals surface area contributed by atoms with Gasteiger partial charge < -0.3 is 5.32 Å². The molecule has 0 amide bonds. The highest BCUT2D eigenvalue weighted by Gasteiger charge is 2.20. The third kappa shape index (κ3) is 4.12. The zero-order valence-electron chi connectivity index (χ0n) is 11.7. The minimum atomic E-state index is -3.57. The van der Waals surface area contributed by atoms with Crippen molar-refractivity contribution in [3.05, 3.63) is 12.4 Å². The van der Waals surface area contributed by atoms with Crippen LogP contribution in [0.2, 0.25) is 0 Å². The second kappa shape index (κ2) is 6.96. The van der Waals surface area contributed by atoms with Crippen molar-refractivity contribution in [2.75, 3.05) is 25.0 Å². The van der Waals surface area contributed by atoms with Crippen LogP contribution in [0.4, 0.5) is 5.95 Å². The molecule has 0 radical (unpaired) electrons. The largest absolute Gasteiger partial charge is 0.354 e. The summed E-state index contributed by atoms with van der Waals surface area (Å²) in [5.41, 5.74) is 0. The Hall–Kier alpha value is -1.25. The molecule has 1 aromatic rings. The molecule has 1 fully saturated rings. The molecule has 0 atom stereocenters. The lowest BCUT2D eigenvalue weighted by Crippen LogP contribution is -2.44. The third-order valence-corrected chi connectivity index (χ3v) is 4.41. The van der Waals surface area contributed by atoms with Crippen molar-refractivity contribution in [1.82, 2.24) is 19.8 Å². The standard InChI is InChI=1S/C12H21N5O2S/c1-2-6-13-12-14-9-11(10-15-12)20(18,19)16-17-7-4-3-5-8-17/h9-10,16H,2-8H2,1H3,(H,13,14,15). The molecule has 0 spiro atoms. The van der Waals surface area contributed by atoms with Crippen molar-refractivity contribution in [3.63, 3.8) is 0 Å². The fourth-order valence-electron chi connectivity index (χ4n) is 1.99. The van der Waals surface area contributed by atoms with Crippen LogP contribution in [-0.2, 0) is 10.0 Å². The van der Waals surface area contributed by atoms with Gasteiger partial charge in [-0.3, -0.25) is 0 Å². The van der Waals surface area contributed by atoms with E-state index < -0.39 is 10.0 Å². The van der Waals surface area contributed by atoms with Crippen LogP contribution in [0.3, 0.4) is 0 Å². The van der Waals surface area contributed by atoms with E-state index in [0.29, 0.717) is 5.95 Å². The Labute approximate surface area is 119 Å². The summed E-state index contributed by atoms with van der Waals surface area (Å²) in [5.74, 6) is 0.448. The third-order valence-electron chi connectivity index (χ3n) is 3.08. The molecule has 0 aliphatic carbocycles. The van der Waals surface area contributed by atoms with E-state index in [-0.39, 0.29) is 4.90 Å². The van der Waals surface area contributed by atoms with Crippen LogP contribution in [-0.4, -0.2) is 43.0 Å². The van der Waals surface area contributed by atoms with Crippen LogP contribution >= 0.6 is 0 Å². The van der Waals surface area contributed by atoms with Gasteiger partial charge in [0.1, 0.15) is 4.90 Å². The van der Waals surface area contributed by atoms with Gasteiger partial charge in [0.05, 0.1) is 12.4 Å². The van der Waals surface area contributed by atoms with Gasteiger partial charge in [0.25, 0.3) is 10.0 Å². The Morgan fingerprint density at radius 2 is 1.85 bits per heavy atom. The van der Waals surface area contributed by atoms with Crippen molar-refractivity contribution in [2.24, 2.45) is 0 Å². The average molecular weight is 299 g/mol. The normalized spacial score (nSPS) is 17.1. The fraction of sp³-hybridized carbons (Fsp3) is 0.667. The van der Waals surface area contributed by atoms with Crippen LogP contribution in [0.15, 0.2) is 17.3 Å². The number of anilines is 1. The highest BCUT2D eigenvalue weighted by atomic mass is 32.2. The molecule has 7 nitrogen and oxygen atoms in total. The summed E-state index contributed by atoms with van der Waals surface area (Å²) in [6, 6.07) is 0. The summed E-state index contributed by atoms with van der Waals surface area (Å²) in [5, 5.41) is 4.74. The molecule has 0 saturated carbocycles. The molecule has 0 aromatic carbocycles. The maximum Gasteiger partial charge on any atom is 0.256 e. The van der Waals surface area contributed by atoms with Crippen LogP contribution < -0.4 is 10.1 Å². The number of sulfonamides is 1. The Bertz CT molecular complexity index is 511. The highest BCUT2D eigenvalue weighted by molar-refractivity contribution is 7.89. The van der Waals surface area contributed by atoms with Crippen LogP contribution in [0.25, 0.3) is 0 Å². The molecule has 20 heavy (non-hydrogen) atoms. The van der Waals surface area contributed by atoms with Crippen molar-refractivity contribution < 1.29 is 8.42 Å². The molecule has 2 N–H and O–H groups in total. The topological polar surface area (TPSA) is 87.2 Å². The smallest absolute Gasteiger partial charge is 0.256 e. The Morgan fingerprint density at radius 1 is 1.20 bits per heavy atom. The summed E-state index contributed by atoms with van der Waals surface area (Å²) < 4.78 is 24.3. The molecule has 0 bridgehead atoms. The fourth-order valence-corrected chi connectivity index (χ4v) is 3.00. The predicted octanol–water partition coefficient (Wildman–Crippen LogP) is 0.978. The minimum absolute atomic E-state index is 0.0881. The average Bonchev–Trinajstić information content (AvgIpc) is 2.46. The van der Waals surface area contributed by atoms with E-state index in [1.165, 1.54) is 12.4 Å². The van der Waals surface area contributed by atoms with E-state index >= 15 is 0 Å². The molecule has 1 saturated heterocycles. The van der Waals surface area contributed by atoms with E-state index in [4.69, 9.17) is 0 Å². The summed E-state index contributed by atoms with van der Waals surface area (Å²) in [7, 11) is -3.57. The molecular weight excluding hydrogens is 278 g/mol. The maximum absolute atomic E-state index is 12.2. The minimum Gasteiger partial charge on any atom is -0.354 e. The van der Waals surface area contributed by atoms with E-state index in [1.54, 1.807) is 5.01 Å². The Kier molecular flexibility index (Phi) is 5.27. The summed E-state index contributed by atoms with van der Waals surface area (Å²) in [6.07, 6.45) is 6.80. The zero-order valence-corrected chi connectivity index (χ0v) is 12.5. The molecule has 0 unspecified atom stereocenters. The highest BCUT2D eigenvalue weighted by Crippen LogP contribution is 2.11. The molecule has 112 valence electrons. The number of nitrogens with one attached hydrogen (secondary N) is 2. The van der Waals surface area contributed by atoms with Crippen LogP contribution in [0, 0.1) is 0 Å². The molecular formula is C12H21N5O2S. The lowest BCUT2D eigenvalue weighted by molar-refractivity contribution is 0.200. The first kappa shape index (κ1) is 15.1. The van der Waals surface area contributed by atoms with Crippen LogP contribution in [0.5, 0.6) is 0 Å². The molecule has 1 aliphatic rings. The SMILES string of the molecule is CCCNc1ncc(S(=O)(=O)NN2CCCCC2)cn1. The number of hydrogen-bond donors (Lipinski definition) is 2. The van der Waals surface area contributed by atoms with E-state index in [9.17, 15) is 8.42 Å². The van der Waals surface area contributed by atoms with Crippen molar-refractivity contribution >= 4 is 16.0 Å². The number of aromatic nitrogens is 2. The van der Waals surface area contributed by atoms with Gasteiger partial charge in [-0.05, 0) is 19.3 Å². The first-order chi connectivity index (χ1) is 9.62.